The lowest BCUT2D eigenvalue weighted by Gasteiger charge is -2.16. The van der Waals surface area contributed by atoms with Crippen LogP contribution in [0.2, 0.25) is 0 Å². The normalized spacial score (nSPS) is 12.6. The molecule has 0 fully saturated rings. The average molecular weight is 210 g/mol. The van der Waals surface area contributed by atoms with Crippen molar-refractivity contribution in [1.29, 1.82) is 0 Å². The minimum absolute atomic E-state index is 0.579. The second-order valence-electron chi connectivity index (χ2n) is 3.66. The van der Waals surface area contributed by atoms with Gasteiger partial charge in [0.1, 0.15) is 5.75 Å². The monoisotopic (exact) mass is 210 g/mol. The molecule has 0 spiro atoms. The molecule has 0 aliphatic carbocycles. The molecule has 1 aromatic rings. The predicted molar refractivity (Wildman–Crippen MR) is 65.7 cm³/mol. The van der Waals surface area contributed by atoms with Crippen LogP contribution in [0, 0.1) is 0 Å². The van der Waals surface area contributed by atoms with E-state index in [9.17, 15) is 0 Å². The van der Waals surface area contributed by atoms with E-state index in [0.717, 1.165) is 11.1 Å². The van der Waals surface area contributed by atoms with Gasteiger partial charge in [0.15, 0.2) is 0 Å². The van der Waals surface area contributed by atoms with E-state index in [1.165, 1.54) is 18.4 Å². The van der Waals surface area contributed by atoms with Crippen LogP contribution in [0.1, 0.15) is 38.2 Å². The van der Waals surface area contributed by atoms with Gasteiger partial charge in [-0.05, 0) is 17.9 Å². The van der Waals surface area contributed by atoms with E-state index < -0.39 is 0 Å². The summed E-state index contributed by atoms with van der Waals surface area (Å²) in [5.41, 5.74) is 1.32. The first-order chi connectivity index (χ1) is 6.70. The summed E-state index contributed by atoms with van der Waals surface area (Å²) in [5, 5.41) is 1.15. The zero-order valence-electron chi connectivity index (χ0n) is 9.21. The maximum atomic E-state index is 5.42. The average Bonchev–Trinajstić information content (AvgIpc) is 2.17. The van der Waals surface area contributed by atoms with Crippen LogP contribution in [0.4, 0.5) is 0 Å². The van der Waals surface area contributed by atoms with Gasteiger partial charge in [0.2, 0.25) is 0 Å². The standard InChI is InChI=1S/C12H19OP/c1-4-6-9(2)10-7-5-8-11(14)12(10)13-3/h5,7-9H,4,6,14H2,1-3H3. The predicted octanol–water partition coefficient (Wildman–Crippen LogP) is 3.10. The van der Waals surface area contributed by atoms with E-state index in [1.807, 2.05) is 0 Å². The SMILES string of the molecule is CCCC(C)c1cccc(P)c1OC. The van der Waals surface area contributed by atoms with Crippen LogP contribution < -0.4 is 10.0 Å². The topological polar surface area (TPSA) is 9.23 Å². The molecule has 14 heavy (non-hydrogen) atoms. The van der Waals surface area contributed by atoms with Crippen LogP contribution >= 0.6 is 9.24 Å². The van der Waals surface area contributed by atoms with E-state index in [-0.39, 0.29) is 0 Å². The summed E-state index contributed by atoms with van der Waals surface area (Å²) in [4.78, 5) is 0. The van der Waals surface area contributed by atoms with E-state index in [4.69, 9.17) is 4.74 Å². The zero-order valence-corrected chi connectivity index (χ0v) is 10.4. The van der Waals surface area contributed by atoms with Crippen molar-refractivity contribution in [2.24, 2.45) is 0 Å². The van der Waals surface area contributed by atoms with Gasteiger partial charge in [-0.15, -0.1) is 9.24 Å². The summed E-state index contributed by atoms with van der Waals surface area (Å²) < 4.78 is 5.42. The molecule has 0 radical (unpaired) electrons. The number of rotatable bonds is 4. The first kappa shape index (κ1) is 11.5. The third kappa shape index (κ3) is 2.48. The molecule has 0 amide bonds. The summed E-state index contributed by atoms with van der Waals surface area (Å²) in [6, 6.07) is 6.31. The summed E-state index contributed by atoms with van der Waals surface area (Å²) in [7, 11) is 4.46. The largest absolute Gasteiger partial charge is 0.496 e. The number of ether oxygens (including phenoxy) is 1. The van der Waals surface area contributed by atoms with Crippen LogP contribution in [0.5, 0.6) is 5.75 Å². The first-order valence-electron chi connectivity index (χ1n) is 5.13. The Bertz CT molecular complexity index is 296. The molecule has 0 aliphatic rings. The van der Waals surface area contributed by atoms with Gasteiger partial charge in [0.05, 0.1) is 7.11 Å². The Labute approximate surface area is 89.1 Å². The number of para-hydroxylation sites is 1. The third-order valence-corrected chi connectivity index (χ3v) is 2.99. The molecular weight excluding hydrogens is 191 g/mol. The molecule has 2 heteroatoms. The molecule has 1 rings (SSSR count). The van der Waals surface area contributed by atoms with Gasteiger partial charge in [0, 0.05) is 5.30 Å². The molecule has 0 bridgehead atoms. The lowest BCUT2D eigenvalue weighted by molar-refractivity contribution is 0.409. The summed E-state index contributed by atoms with van der Waals surface area (Å²) in [6.45, 7) is 4.47. The maximum Gasteiger partial charge on any atom is 0.129 e. The zero-order chi connectivity index (χ0) is 10.6. The molecule has 0 saturated heterocycles. The fourth-order valence-corrected chi connectivity index (χ4v) is 2.18. The molecule has 2 atom stereocenters. The van der Waals surface area contributed by atoms with Crippen molar-refractivity contribution < 1.29 is 4.74 Å². The Hall–Kier alpha value is -0.550. The summed E-state index contributed by atoms with van der Waals surface area (Å²) in [5.74, 6) is 1.61. The van der Waals surface area contributed by atoms with Gasteiger partial charge in [-0.1, -0.05) is 38.5 Å². The van der Waals surface area contributed by atoms with Crippen molar-refractivity contribution in [3.8, 4) is 5.75 Å². The van der Waals surface area contributed by atoms with E-state index in [1.54, 1.807) is 7.11 Å². The van der Waals surface area contributed by atoms with Crippen molar-refractivity contribution in [3.05, 3.63) is 23.8 Å². The lowest BCUT2D eigenvalue weighted by Crippen LogP contribution is -2.05. The number of methoxy groups -OCH3 is 1. The molecule has 0 N–H and O–H groups in total. The highest BCUT2D eigenvalue weighted by atomic mass is 31.0. The second kappa shape index (κ2) is 5.36. The molecule has 0 heterocycles. The number of hydrogen-bond acceptors (Lipinski definition) is 1. The fraction of sp³-hybridized carbons (Fsp3) is 0.500. The van der Waals surface area contributed by atoms with Gasteiger partial charge in [-0.2, -0.15) is 0 Å². The Morgan fingerprint density at radius 3 is 2.71 bits per heavy atom. The Balaban J connectivity index is 3.00. The van der Waals surface area contributed by atoms with E-state index >= 15 is 0 Å². The molecule has 1 aromatic carbocycles. The highest BCUT2D eigenvalue weighted by Gasteiger charge is 2.11. The fourth-order valence-electron chi connectivity index (χ4n) is 1.79. The third-order valence-electron chi connectivity index (χ3n) is 2.53. The molecule has 0 aliphatic heterocycles. The van der Waals surface area contributed by atoms with Crippen LogP contribution in [-0.4, -0.2) is 7.11 Å². The molecule has 0 aromatic heterocycles. The van der Waals surface area contributed by atoms with Gasteiger partial charge < -0.3 is 4.74 Å². The van der Waals surface area contributed by atoms with Gasteiger partial charge in [-0.25, -0.2) is 0 Å². The van der Waals surface area contributed by atoms with Gasteiger partial charge >= 0.3 is 0 Å². The van der Waals surface area contributed by atoms with Crippen molar-refractivity contribution in [1.82, 2.24) is 0 Å². The smallest absolute Gasteiger partial charge is 0.129 e. The van der Waals surface area contributed by atoms with Crippen molar-refractivity contribution >= 4 is 14.5 Å². The van der Waals surface area contributed by atoms with Crippen LogP contribution in [-0.2, 0) is 0 Å². The number of hydrogen-bond donors (Lipinski definition) is 0. The van der Waals surface area contributed by atoms with E-state index in [0.29, 0.717) is 5.92 Å². The van der Waals surface area contributed by atoms with Crippen LogP contribution in [0.3, 0.4) is 0 Å². The minimum atomic E-state index is 0.579. The maximum absolute atomic E-state index is 5.42. The Kier molecular flexibility index (Phi) is 4.41. The quantitative estimate of drug-likeness (QED) is 0.694. The Morgan fingerprint density at radius 2 is 2.14 bits per heavy atom. The number of benzene rings is 1. The van der Waals surface area contributed by atoms with Crippen molar-refractivity contribution in [2.45, 2.75) is 32.6 Å². The summed E-state index contributed by atoms with van der Waals surface area (Å²) >= 11 is 0. The molecule has 0 saturated carbocycles. The molecule has 78 valence electrons. The highest BCUT2D eigenvalue weighted by molar-refractivity contribution is 7.27. The molecule has 1 nitrogen and oxygen atoms in total. The molecular formula is C12H19OP. The summed E-state index contributed by atoms with van der Waals surface area (Å²) in [6.07, 6.45) is 2.43. The van der Waals surface area contributed by atoms with Gasteiger partial charge in [0.25, 0.3) is 0 Å². The lowest BCUT2D eigenvalue weighted by atomic mass is 9.96. The van der Waals surface area contributed by atoms with E-state index in [2.05, 4.69) is 41.3 Å². The Morgan fingerprint density at radius 1 is 1.43 bits per heavy atom. The van der Waals surface area contributed by atoms with Crippen LogP contribution in [0.15, 0.2) is 18.2 Å². The second-order valence-corrected chi connectivity index (χ2v) is 4.28. The van der Waals surface area contributed by atoms with Crippen LogP contribution in [0.25, 0.3) is 0 Å². The molecule has 2 unspecified atom stereocenters. The first-order valence-corrected chi connectivity index (χ1v) is 5.70. The van der Waals surface area contributed by atoms with Crippen molar-refractivity contribution in [2.75, 3.05) is 7.11 Å². The minimum Gasteiger partial charge on any atom is -0.496 e. The van der Waals surface area contributed by atoms with Crippen molar-refractivity contribution in [3.63, 3.8) is 0 Å². The van der Waals surface area contributed by atoms with Gasteiger partial charge in [-0.3, -0.25) is 0 Å². The highest BCUT2D eigenvalue weighted by Crippen LogP contribution is 2.28.